The first-order valence-electron chi connectivity index (χ1n) is 10.6. The maximum Gasteiger partial charge on any atom is 0.0904 e. The lowest BCUT2D eigenvalue weighted by atomic mass is 9.52. The number of allylic oxidation sites excluding steroid dienone is 1. The van der Waals surface area contributed by atoms with Crippen LogP contribution in [0.5, 0.6) is 0 Å². The highest BCUT2D eigenvalue weighted by molar-refractivity contribution is 5.16. The van der Waals surface area contributed by atoms with Crippen LogP contribution in [0.1, 0.15) is 70.6 Å². The van der Waals surface area contributed by atoms with Gasteiger partial charge in [-0.3, -0.25) is 0 Å². The summed E-state index contributed by atoms with van der Waals surface area (Å²) < 4.78 is 0. The lowest BCUT2D eigenvalue weighted by Crippen LogP contribution is -2.60. The second-order valence-corrected chi connectivity index (χ2v) is 10.2. The largest absolute Gasteiger partial charge is 0.353 e. The zero-order chi connectivity index (χ0) is 15.8. The molecule has 5 saturated carbocycles. The Morgan fingerprint density at radius 2 is 1.46 bits per heavy atom. The first kappa shape index (κ1) is 14.3. The van der Waals surface area contributed by atoms with Crippen LogP contribution in [0.25, 0.3) is 0 Å². The summed E-state index contributed by atoms with van der Waals surface area (Å²) in [6.45, 7) is 1.19. The molecule has 0 amide bonds. The lowest BCUT2D eigenvalue weighted by molar-refractivity contribution is -0.0832. The molecule has 1 heterocycles. The number of hydrogen-bond donors (Lipinski definition) is 0. The van der Waals surface area contributed by atoms with Gasteiger partial charge in [0.05, 0.1) is 6.67 Å². The van der Waals surface area contributed by atoms with E-state index in [1.165, 1.54) is 58.0 Å². The molecule has 2 atom stereocenters. The highest BCUT2D eigenvalue weighted by Gasteiger charge is 2.54. The first-order valence-corrected chi connectivity index (χ1v) is 10.6. The molecule has 0 aromatic heterocycles. The van der Waals surface area contributed by atoms with Crippen LogP contribution in [0.4, 0.5) is 0 Å². The summed E-state index contributed by atoms with van der Waals surface area (Å²) in [7, 11) is 0. The molecule has 1 aliphatic heterocycles. The Labute approximate surface area is 147 Å². The Hall–Kier alpha value is -0.920. The Balaban J connectivity index is 1.25. The van der Waals surface area contributed by atoms with Crippen molar-refractivity contribution in [2.75, 3.05) is 6.67 Å². The molecule has 2 unspecified atom stereocenters. The van der Waals surface area contributed by atoms with E-state index < -0.39 is 0 Å². The van der Waals surface area contributed by atoms with Crippen LogP contribution in [-0.4, -0.2) is 27.5 Å². The fourth-order valence-corrected chi connectivity index (χ4v) is 8.05. The van der Waals surface area contributed by atoms with Crippen LogP contribution in [0.2, 0.25) is 0 Å². The average molecular weight is 325 g/mol. The minimum Gasteiger partial charge on any atom is -0.353 e. The van der Waals surface area contributed by atoms with Gasteiger partial charge < -0.3 is 9.80 Å². The Bertz CT molecular complexity index is 555. The maximum atomic E-state index is 2.81. The minimum absolute atomic E-state index is 0.450. The molecule has 0 radical (unpaired) electrons. The Kier molecular flexibility index (Phi) is 2.87. The van der Waals surface area contributed by atoms with Gasteiger partial charge in [0.2, 0.25) is 0 Å². The van der Waals surface area contributed by atoms with E-state index in [0.29, 0.717) is 11.1 Å². The van der Waals surface area contributed by atoms with Crippen LogP contribution >= 0.6 is 0 Å². The van der Waals surface area contributed by atoms with E-state index in [1.54, 1.807) is 19.3 Å². The van der Waals surface area contributed by atoms with Crippen LogP contribution in [0.3, 0.4) is 0 Å². The van der Waals surface area contributed by atoms with Crippen LogP contribution in [-0.2, 0) is 0 Å². The van der Waals surface area contributed by atoms with Crippen molar-refractivity contribution in [1.29, 1.82) is 0 Å². The van der Waals surface area contributed by atoms with Gasteiger partial charge in [-0.15, -0.1) is 0 Å². The summed E-state index contributed by atoms with van der Waals surface area (Å²) in [5.41, 5.74) is 0.987. The van der Waals surface area contributed by atoms with Gasteiger partial charge in [0, 0.05) is 23.5 Å². The molecule has 7 aliphatic rings. The van der Waals surface area contributed by atoms with Gasteiger partial charge in [-0.1, -0.05) is 18.6 Å². The number of hydrogen-bond acceptors (Lipinski definition) is 2. The molecule has 5 fully saturated rings. The van der Waals surface area contributed by atoms with E-state index in [-0.39, 0.29) is 0 Å². The zero-order valence-electron chi connectivity index (χ0n) is 15.0. The predicted octanol–water partition coefficient (Wildman–Crippen LogP) is 4.89. The van der Waals surface area contributed by atoms with E-state index in [0.717, 1.165) is 23.7 Å². The fraction of sp³-hybridized carbons (Fsp3) is 0.818. The van der Waals surface area contributed by atoms with E-state index in [4.69, 9.17) is 0 Å². The van der Waals surface area contributed by atoms with Crippen molar-refractivity contribution in [1.82, 2.24) is 9.80 Å². The smallest absolute Gasteiger partial charge is 0.0904 e. The normalized spacial score (nSPS) is 51.7. The lowest BCUT2D eigenvalue weighted by Gasteiger charge is -2.60. The molecule has 0 N–H and O–H groups in total. The fourth-order valence-electron chi connectivity index (χ4n) is 8.05. The van der Waals surface area contributed by atoms with Crippen molar-refractivity contribution in [3.05, 3.63) is 24.6 Å². The molecule has 130 valence electrons. The Morgan fingerprint density at radius 1 is 0.792 bits per heavy atom. The van der Waals surface area contributed by atoms with Crippen LogP contribution < -0.4 is 0 Å². The third-order valence-corrected chi connectivity index (χ3v) is 8.72. The molecule has 6 aliphatic carbocycles. The first-order chi connectivity index (χ1) is 11.7. The van der Waals surface area contributed by atoms with Gasteiger partial charge in [0.25, 0.3) is 0 Å². The maximum absolute atomic E-state index is 2.81. The van der Waals surface area contributed by atoms with Crippen molar-refractivity contribution in [2.24, 2.45) is 23.7 Å². The van der Waals surface area contributed by atoms with Crippen LogP contribution in [0, 0.1) is 23.7 Å². The monoisotopic (exact) mass is 324 g/mol. The third-order valence-electron chi connectivity index (χ3n) is 8.72. The summed E-state index contributed by atoms with van der Waals surface area (Å²) in [5, 5.41) is 0. The van der Waals surface area contributed by atoms with Crippen LogP contribution in [0.15, 0.2) is 24.6 Å². The van der Waals surface area contributed by atoms with Gasteiger partial charge in [0.15, 0.2) is 0 Å². The van der Waals surface area contributed by atoms with Gasteiger partial charge in [0.1, 0.15) is 0 Å². The SMILES string of the molecule is C1=CC2CCCC(N3C=CN(C45CC6CC(CC(C6)C4)C5)C3)(C1)C2. The quantitative estimate of drug-likeness (QED) is 0.667. The van der Waals surface area contributed by atoms with Crippen molar-refractivity contribution in [3.8, 4) is 0 Å². The molecule has 2 nitrogen and oxygen atoms in total. The number of nitrogens with zero attached hydrogens (tertiary/aromatic N) is 2. The molecule has 6 bridgehead atoms. The standard InChI is InChI=1S/C22H32N2/c1-3-17-4-2-6-21(5-1,12-17)23-7-8-24(16-23)22-13-18-9-19(14-22)11-20(10-18)15-22/h1,3,7-8,17-20H,2,4-6,9-16H2. The molecular formula is C22H32N2. The summed E-state index contributed by atoms with van der Waals surface area (Å²) in [5.74, 6) is 4.00. The second-order valence-electron chi connectivity index (χ2n) is 10.2. The average Bonchev–Trinajstić information content (AvgIpc) is 3.05. The molecule has 7 rings (SSSR count). The third kappa shape index (κ3) is 1.95. The molecule has 0 spiro atoms. The van der Waals surface area contributed by atoms with Gasteiger partial charge >= 0.3 is 0 Å². The number of rotatable bonds is 2. The predicted molar refractivity (Wildman–Crippen MR) is 97.0 cm³/mol. The summed E-state index contributed by atoms with van der Waals surface area (Å²) >= 11 is 0. The molecule has 0 aromatic rings. The molecule has 0 aromatic carbocycles. The summed E-state index contributed by atoms with van der Waals surface area (Å²) in [6.07, 6.45) is 26.1. The summed E-state index contributed by atoms with van der Waals surface area (Å²) in [4.78, 5) is 5.58. The van der Waals surface area contributed by atoms with E-state index in [1.807, 2.05) is 0 Å². The molecule has 0 saturated heterocycles. The van der Waals surface area contributed by atoms with Crippen molar-refractivity contribution >= 4 is 0 Å². The van der Waals surface area contributed by atoms with Gasteiger partial charge in [-0.2, -0.15) is 0 Å². The van der Waals surface area contributed by atoms with Gasteiger partial charge in [-0.25, -0.2) is 0 Å². The zero-order valence-corrected chi connectivity index (χ0v) is 15.0. The van der Waals surface area contributed by atoms with Crippen molar-refractivity contribution < 1.29 is 0 Å². The molecule has 2 heteroatoms. The van der Waals surface area contributed by atoms with Crippen molar-refractivity contribution in [3.63, 3.8) is 0 Å². The topological polar surface area (TPSA) is 6.48 Å². The molecular weight excluding hydrogens is 292 g/mol. The highest BCUT2D eigenvalue weighted by Crippen LogP contribution is 2.58. The molecule has 24 heavy (non-hydrogen) atoms. The minimum atomic E-state index is 0.450. The Morgan fingerprint density at radius 3 is 2.17 bits per heavy atom. The van der Waals surface area contributed by atoms with E-state index in [9.17, 15) is 0 Å². The second kappa shape index (κ2) is 4.83. The van der Waals surface area contributed by atoms with E-state index >= 15 is 0 Å². The van der Waals surface area contributed by atoms with Gasteiger partial charge in [-0.05, 0) is 87.9 Å². The highest BCUT2D eigenvalue weighted by atomic mass is 15.4. The number of fused-ring (bicyclic) bond motifs is 2. The summed E-state index contributed by atoms with van der Waals surface area (Å²) in [6, 6.07) is 0. The van der Waals surface area contributed by atoms with Crippen molar-refractivity contribution in [2.45, 2.75) is 81.7 Å². The van der Waals surface area contributed by atoms with E-state index in [2.05, 4.69) is 34.4 Å².